The Balaban J connectivity index is 2.77. The smallest absolute Gasteiger partial charge is 0.113 e. The number of hydrogen-bond acceptors (Lipinski definition) is 7. The van der Waals surface area contributed by atoms with E-state index in [-0.39, 0.29) is 0 Å². The fourth-order valence-corrected chi connectivity index (χ4v) is 2.00. The van der Waals surface area contributed by atoms with Gasteiger partial charge in [-0.15, -0.1) is 0 Å². The van der Waals surface area contributed by atoms with Crippen molar-refractivity contribution in [2.75, 3.05) is 6.61 Å². The van der Waals surface area contributed by atoms with Crippen LogP contribution in [0.5, 0.6) is 0 Å². The molecule has 1 saturated heterocycles. The molecule has 8 heteroatoms. The van der Waals surface area contributed by atoms with E-state index in [1.807, 2.05) is 0 Å². The summed E-state index contributed by atoms with van der Waals surface area (Å²) in [6.45, 7) is -0.658. The second kappa shape index (κ2) is 3.62. The lowest BCUT2D eigenvalue weighted by Gasteiger charge is -2.36. The quantitative estimate of drug-likeness (QED) is 0.401. The maximum atomic E-state index is 10.4. The van der Waals surface area contributed by atoms with Crippen LogP contribution in [0.15, 0.2) is 0 Å². The van der Waals surface area contributed by atoms with Crippen molar-refractivity contribution in [2.24, 2.45) is 0 Å². The first-order valence-corrected chi connectivity index (χ1v) is 5.13. The van der Waals surface area contributed by atoms with Crippen LogP contribution in [0.1, 0.15) is 0 Å². The highest BCUT2D eigenvalue weighted by molar-refractivity contribution is 7.49. The van der Waals surface area contributed by atoms with Gasteiger partial charge in [-0.05, 0) is 7.60 Å². The second-order valence-corrected chi connectivity index (χ2v) is 4.36. The lowest BCUT2D eigenvalue weighted by atomic mass is 10.2. The van der Waals surface area contributed by atoms with Crippen LogP contribution in [0.3, 0.4) is 0 Å². The minimum Gasteiger partial charge on any atom is -0.809 e. The molecule has 7 nitrogen and oxygen atoms in total. The Hall–Kier alpha value is -0.0100. The summed E-state index contributed by atoms with van der Waals surface area (Å²) in [5.41, 5.74) is 0. The summed E-state index contributed by atoms with van der Waals surface area (Å²) in [6, 6.07) is 0. The van der Waals surface area contributed by atoms with Crippen LogP contribution >= 0.6 is 7.60 Å². The van der Waals surface area contributed by atoms with Crippen LogP contribution in [0, 0.1) is 0 Å². The van der Waals surface area contributed by atoms with Crippen molar-refractivity contribution in [3.8, 4) is 0 Å². The lowest BCUT2D eigenvalue weighted by Crippen LogP contribution is -2.37. The van der Waals surface area contributed by atoms with E-state index < -0.39 is 38.4 Å². The summed E-state index contributed by atoms with van der Waals surface area (Å²) >= 11 is 0. The Morgan fingerprint density at radius 2 is 1.85 bits per heavy atom. The van der Waals surface area contributed by atoms with Gasteiger partial charge in [0.25, 0.3) is 0 Å². The third-order valence-corrected chi connectivity index (χ3v) is 2.88. The van der Waals surface area contributed by atoms with E-state index in [1.54, 1.807) is 0 Å². The highest BCUT2D eigenvalue weighted by atomic mass is 31.2. The molecular formula is C5H9O7P-2. The van der Waals surface area contributed by atoms with Gasteiger partial charge in [0.15, 0.2) is 0 Å². The standard InChI is InChI=1S/C5H11O7P/c6-1-2-3(7)4(8)5(12-2)13(9,10)11/h2-8H,1H2,(H2,9,10,11)/p-2/t2-,3-,4-,5-/m1/s1. The highest BCUT2D eigenvalue weighted by Gasteiger charge is 2.43. The number of rotatable bonds is 2. The van der Waals surface area contributed by atoms with Gasteiger partial charge in [0.1, 0.15) is 24.2 Å². The molecule has 1 heterocycles. The van der Waals surface area contributed by atoms with Gasteiger partial charge in [0.2, 0.25) is 0 Å². The highest BCUT2D eigenvalue weighted by Crippen LogP contribution is 2.41. The molecule has 0 radical (unpaired) electrons. The van der Waals surface area contributed by atoms with Crippen LogP contribution < -0.4 is 9.79 Å². The molecule has 4 atom stereocenters. The second-order valence-electron chi connectivity index (χ2n) is 2.77. The van der Waals surface area contributed by atoms with Gasteiger partial charge in [0.05, 0.1) is 6.61 Å². The van der Waals surface area contributed by atoms with Crippen LogP contribution in [0.25, 0.3) is 0 Å². The maximum Gasteiger partial charge on any atom is 0.113 e. The van der Waals surface area contributed by atoms with Crippen LogP contribution in [-0.2, 0) is 9.30 Å². The fourth-order valence-electron chi connectivity index (χ4n) is 1.14. The molecule has 0 amide bonds. The average Bonchev–Trinajstić information content (AvgIpc) is 2.28. The molecule has 0 aromatic carbocycles. The molecule has 0 saturated carbocycles. The largest absolute Gasteiger partial charge is 0.809 e. The van der Waals surface area contributed by atoms with Crippen LogP contribution in [0.4, 0.5) is 0 Å². The van der Waals surface area contributed by atoms with E-state index in [0.29, 0.717) is 0 Å². The molecule has 0 bridgehead atoms. The molecule has 0 unspecified atom stereocenters. The van der Waals surface area contributed by atoms with E-state index in [2.05, 4.69) is 4.74 Å². The van der Waals surface area contributed by atoms with Crippen molar-refractivity contribution in [1.82, 2.24) is 0 Å². The van der Waals surface area contributed by atoms with Gasteiger partial charge >= 0.3 is 0 Å². The molecule has 1 fully saturated rings. The molecule has 78 valence electrons. The first kappa shape index (κ1) is 11.1. The zero-order chi connectivity index (χ0) is 10.2. The molecule has 0 spiro atoms. The molecule has 3 N–H and O–H groups in total. The van der Waals surface area contributed by atoms with E-state index in [1.165, 1.54) is 0 Å². The van der Waals surface area contributed by atoms with Crippen LogP contribution in [-0.4, -0.2) is 46.1 Å². The summed E-state index contributed by atoms with van der Waals surface area (Å²) in [5.74, 6) is -1.97. The Bertz CT molecular complexity index is 225. The van der Waals surface area contributed by atoms with Crippen molar-refractivity contribution < 1.29 is 34.4 Å². The molecule has 0 aliphatic carbocycles. The topological polar surface area (TPSA) is 133 Å². The van der Waals surface area contributed by atoms with Gasteiger partial charge in [0, 0.05) is 0 Å². The lowest BCUT2D eigenvalue weighted by molar-refractivity contribution is -0.325. The van der Waals surface area contributed by atoms with E-state index in [9.17, 15) is 14.4 Å². The predicted molar refractivity (Wildman–Crippen MR) is 35.4 cm³/mol. The Morgan fingerprint density at radius 3 is 2.08 bits per heavy atom. The summed E-state index contributed by atoms with van der Waals surface area (Å²) in [7, 11) is -5.10. The molecule has 1 rings (SSSR count). The Labute approximate surface area is 73.7 Å². The minimum absolute atomic E-state index is 0.658. The van der Waals surface area contributed by atoms with E-state index >= 15 is 0 Å². The fraction of sp³-hybridized carbons (Fsp3) is 1.00. The van der Waals surface area contributed by atoms with Crippen molar-refractivity contribution in [3.05, 3.63) is 0 Å². The van der Waals surface area contributed by atoms with Crippen LogP contribution in [0.2, 0.25) is 0 Å². The van der Waals surface area contributed by atoms with Crippen molar-refractivity contribution >= 4 is 7.60 Å². The third kappa shape index (κ3) is 2.08. The van der Waals surface area contributed by atoms with E-state index in [0.717, 1.165) is 0 Å². The average molecular weight is 212 g/mol. The zero-order valence-electron chi connectivity index (χ0n) is 6.44. The molecular weight excluding hydrogens is 203 g/mol. The number of aliphatic hydroxyl groups excluding tert-OH is 3. The summed E-state index contributed by atoms with van der Waals surface area (Å²) in [4.78, 5) is 20.9. The number of ether oxygens (including phenoxy) is 1. The minimum atomic E-state index is -5.10. The van der Waals surface area contributed by atoms with Crippen molar-refractivity contribution in [3.63, 3.8) is 0 Å². The van der Waals surface area contributed by atoms with Gasteiger partial charge in [-0.2, -0.15) is 0 Å². The number of hydrogen-bond donors (Lipinski definition) is 3. The number of aliphatic hydroxyl groups is 3. The van der Waals surface area contributed by atoms with Gasteiger partial charge in [-0.25, -0.2) is 0 Å². The molecule has 1 aliphatic heterocycles. The van der Waals surface area contributed by atoms with E-state index in [4.69, 9.17) is 15.3 Å². The molecule has 0 aromatic heterocycles. The summed E-state index contributed by atoms with van der Waals surface area (Å²) in [5, 5.41) is 26.6. The maximum absolute atomic E-state index is 10.4. The van der Waals surface area contributed by atoms with Crippen molar-refractivity contribution in [2.45, 2.75) is 24.2 Å². The Kier molecular flexibility index (Phi) is 3.09. The predicted octanol–water partition coefficient (Wildman–Crippen LogP) is -3.66. The van der Waals surface area contributed by atoms with Gasteiger partial charge in [-0.3, -0.25) is 0 Å². The monoisotopic (exact) mass is 212 g/mol. The molecule has 13 heavy (non-hydrogen) atoms. The van der Waals surface area contributed by atoms with Crippen molar-refractivity contribution in [1.29, 1.82) is 0 Å². The van der Waals surface area contributed by atoms with Gasteiger partial charge < -0.3 is 34.4 Å². The zero-order valence-corrected chi connectivity index (χ0v) is 7.33. The summed E-state index contributed by atoms with van der Waals surface area (Å²) in [6.07, 6.45) is -4.57. The summed E-state index contributed by atoms with van der Waals surface area (Å²) < 4.78 is 14.9. The SMILES string of the molecule is O=P([O-])([O-])[C@H]1O[C@H](CO)[C@@H](O)[C@H]1O. The Morgan fingerprint density at radius 1 is 1.31 bits per heavy atom. The molecule has 1 aliphatic rings. The van der Waals surface area contributed by atoms with Gasteiger partial charge in [-0.1, -0.05) is 0 Å². The third-order valence-electron chi connectivity index (χ3n) is 1.83. The normalized spacial score (nSPS) is 41.0. The molecule has 0 aromatic rings. The first-order chi connectivity index (χ1) is 5.88. The first-order valence-electron chi connectivity index (χ1n) is 3.52.